The zero-order chi connectivity index (χ0) is 32.3. The molecule has 4 heteroatoms. The molecule has 0 spiro atoms. The van der Waals surface area contributed by atoms with Crippen molar-refractivity contribution in [3.05, 3.63) is 164 Å². The van der Waals surface area contributed by atoms with E-state index in [-0.39, 0.29) is 0 Å². The molecule has 0 amide bonds. The van der Waals surface area contributed by atoms with Crippen molar-refractivity contribution in [3.8, 4) is 45.3 Å². The molecule has 10 rings (SSSR count). The third-order valence-electron chi connectivity index (χ3n) is 9.53. The number of furan rings is 1. The number of nitrogens with zero attached hydrogens (tertiary/aromatic N) is 3. The lowest BCUT2D eigenvalue weighted by Crippen LogP contribution is -2.01. The predicted octanol–water partition coefficient (Wildman–Crippen LogP) is 11.9. The standard InChI is InChI=1S/C45H27N3O/c1-3-14-32-28(11-1)13-9-19-36(32)44-46-43(47-45(48-44)38-20-10-22-41-42(38)37-18-7-8-21-40(37)49-41)30-25-23-29(24-26-30)39-27-31-12-2-4-15-33(31)34-16-5-6-17-35(34)39/h1-27H. The highest BCUT2D eigenvalue weighted by Crippen LogP contribution is 2.38. The van der Waals surface area contributed by atoms with Crippen molar-refractivity contribution in [3.63, 3.8) is 0 Å². The van der Waals surface area contributed by atoms with Crippen molar-refractivity contribution in [1.29, 1.82) is 0 Å². The van der Waals surface area contributed by atoms with E-state index in [1.54, 1.807) is 0 Å². The summed E-state index contributed by atoms with van der Waals surface area (Å²) in [5.74, 6) is 1.86. The molecule has 0 atom stereocenters. The molecule has 8 aromatic carbocycles. The molecule has 0 saturated heterocycles. The lowest BCUT2D eigenvalue weighted by atomic mass is 9.93. The first kappa shape index (κ1) is 27.5. The number of para-hydroxylation sites is 1. The lowest BCUT2D eigenvalue weighted by Gasteiger charge is -2.13. The summed E-state index contributed by atoms with van der Waals surface area (Å²) in [6.07, 6.45) is 0. The van der Waals surface area contributed by atoms with Gasteiger partial charge in [-0.15, -0.1) is 0 Å². The number of fused-ring (bicyclic) bond motifs is 7. The third kappa shape index (κ3) is 4.49. The predicted molar refractivity (Wildman–Crippen MR) is 201 cm³/mol. The Morgan fingerprint density at radius 2 is 0.878 bits per heavy atom. The number of benzene rings is 8. The summed E-state index contributed by atoms with van der Waals surface area (Å²) >= 11 is 0. The third-order valence-corrected chi connectivity index (χ3v) is 9.53. The van der Waals surface area contributed by atoms with Gasteiger partial charge in [-0.2, -0.15) is 0 Å². The maximum Gasteiger partial charge on any atom is 0.164 e. The van der Waals surface area contributed by atoms with Gasteiger partial charge < -0.3 is 4.42 Å². The highest BCUT2D eigenvalue weighted by Gasteiger charge is 2.19. The maximum atomic E-state index is 6.24. The number of aromatic nitrogens is 3. The van der Waals surface area contributed by atoms with Crippen LogP contribution in [0.2, 0.25) is 0 Å². The Morgan fingerprint density at radius 3 is 1.71 bits per heavy atom. The van der Waals surface area contributed by atoms with Crippen molar-refractivity contribution < 1.29 is 4.42 Å². The summed E-state index contributed by atoms with van der Waals surface area (Å²) in [6, 6.07) is 57.0. The Morgan fingerprint density at radius 1 is 0.327 bits per heavy atom. The molecule has 0 aliphatic heterocycles. The molecule has 0 N–H and O–H groups in total. The fraction of sp³-hybridized carbons (Fsp3) is 0. The van der Waals surface area contributed by atoms with Gasteiger partial charge >= 0.3 is 0 Å². The summed E-state index contributed by atoms with van der Waals surface area (Å²) in [5.41, 5.74) is 6.78. The molecule has 10 aromatic rings. The van der Waals surface area contributed by atoms with Crippen molar-refractivity contribution in [2.45, 2.75) is 0 Å². The van der Waals surface area contributed by atoms with Gasteiger partial charge in [0.05, 0.1) is 0 Å². The van der Waals surface area contributed by atoms with Gasteiger partial charge in [0.25, 0.3) is 0 Å². The fourth-order valence-electron chi connectivity index (χ4n) is 7.22. The van der Waals surface area contributed by atoms with Gasteiger partial charge in [-0.25, -0.2) is 15.0 Å². The molecule has 228 valence electrons. The Labute approximate surface area is 282 Å². The number of hydrogen-bond acceptors (Lipinski definition) is 4. The molecular weight excluding hydrogens is 599 g/mol. The van der Waals surface area contributed by atoms with Gasteiger partial charge in [-0.05, 0) is 61.6 Å². The van der Waals surface area contributed by atoms with E-state index in [9.17, 15) is 0 Å². The van der Waals surface area contributed by atoms with E-state index in [0.29, 0.717) is 17.5 Å². The second-order valence-corrected chi connectivity index (χ2v) is 12.4. The molecule has 4 nitrogen and oxygen atoms in total. The molecule has 0 bridgehead atoms. The summed E-state index contributed by atoms with van der Waals surface area (Å²) in [5, 5.41) is 9.24. The van der Waals surface area contributed by atoms with Crippen LogP contribution in [0.25, 0.3) is 99.5 Å². The van der Waals surface area contributed by atoms with Crippen molar-refractivity contribution in [1.82, 2.24) is 15.0 Å². The molecule has 0 aliphatic carbocycles. The molecule has 2 aromatic heterocycles. The van der Waals surface area contributed by atoms with Crippen molar-refractivity contribution in [2.75, 3.05) is 0 Å². The van der Waals surface area contributed by atoms with E-state index in [2.05, 4.69) is 133 Å². The quantitative estimate of drug-likeness (QED) is 0.183. The number of rotatable bonds is 4. The average Bonchev–Trinajstić information content (AvgIpc) is 3.56. The smallest absolute Gasteiger partial charge is 0.164 e. The second kappa shape index (κ2) is 11.0. The van der Waals surface area contributed by atoms with Crippen LogP contribution in [0.4, 0.5) is 0 Å². The van der Waals surface area contributed by atoms with E-state index in [4.69, 9.17) is 19.4 Å². The normalized spacial score (nSPS) is 11.7. The molecule has 0 radical (unpaired) electrons. The van der Waals surface area contributed by atoms with Crippen LogP contribution >= 0.6 is 0 Å². The average molecular weight is 626 g/mol. The number of hydrogen-bond donors (Lipinski definition) is 0. The lowest BCUT2D eigenvalue weighted by molar-refractivity contribution is 0.669. The topological polar surface area (TPSA) is 51.8 Å². The first-order valence-corrected chi connectivity index (χ1v) is 16.4. The summed E-state index contributed by atoms with van der Waals surface area (Å²) in [4.78, 5) is 15.4. The molecule has 2 heterocycles. The van der Waals surface area contributed by atoms with Gasteiger partial charge in [0.2, 0.25) is 0 Å². The largest absolute Gasteiger partial charge is 0.456 e. The zero-order valence-corrected chi connectivity index (χ0v) is 26.3. The first-order valence-electron chi connectivity index (χ1n) is 16.4. The van der Waals surface area contributed by atoms with Crippen LogP contribution in [0, 0.1) is 0 Å². The monoisotopic (exact) mass is 625 g/mol. The molecular formula is C45H27N3O. The Balaban J connectivity index is 1.18. The van der Waals surface area contributed by atoms with Crippen LogP contribution in [0.5, 0.6) is 0 Å². The van der Waals surface area contributed by atoms with Gasteiger partial charge in [-0.3, -0.25) is 0 Å². The Kier molecular flexibility index (Phi) is 6.15. The van der Waals surface area contributed by atoms with Crippen LogP contribution in [-0.2, 0) is 0 Å². The van der Waals surface area contributed by atoms with E-state index in [0.717, 1.165) is 55.0 Å². The molecule has 0 aliphatic rings. The highest BCUT2D eigenvalue weighted by atomic mass is 16.3. The van der Waals surface area contributed by atoms with Gasteiger partial charge in [-0.1, -0.05) is 146 Å². The minimum absolute atomic E-state index is 0.606. The Hall–Kier alpha value is -6.65. The summed E-state index contributed by atoms with van der Waals surface area (Å²) in [6.45, 7) is 0. The van der Waals surface area contributed by atoms with Gasteiger partial charge in [0, 0.05) is 27.5 Å². The van der Waals surface area contributed by atoms with Crippen LogP contribution in [0.3, 0.4) is 0 Å². The second-order valence-electron chi connectivity index (χ2n) is 12.4. The van der Waals surface area contributed by atoms with E-state index < -0.39 is 0 Å². The first-order chi connectivity index (χ1) is 24.3. The van der Waals surface area contributed by atoms with Gasteiger partial charge in [0.15, 0.2) is 17.5 Å². The fourth-order valence-corrected chi connectivity index (χ4v) is 7.22. The summed E-state index contributed by atoms with van der Waals surface area (Å²) < 4.78 is 6.24. The van der Waals surface area contributed by atoms with Crippen molar-refractivity contribution in [2.24, 2.45) is 0 Å². The van der Waals surface area contributed by atoms with Crippen molar-refractivity contribution >= 4 is 54.3 Å². The maximum absolute atomic E-state index is 6.24. The van der Waals surface area contributed by atoms with Crippen LogP contribution < -0.4 is 0 Å². The molecule has 0 unspecified atom stereocenters. The highest BCUT2D eigenvalue weighted by molar-refractivity contribution is 6.14. The van der Waals surface area contributed by atoms with E-state index in [1.807, 2.05) is 30.3 Å². The molecule has 0 saturated carbocycles. The minimum atomic E-state index is 0.606. The summed E-state index contributed by atoms with van der Waals surface area (Å²) in [7, 11) is 0. The Bertz CT molecular complexity index is 2880. The SMILES string of the molecule is c1ccc2c(-c3nc(-c4ccc(-c5cc6ccccc6c6ccccc56)cc4)nc(-c4cccc5oc6ccccc6c45)n3)cccc2c1. The minimum Gasteiger partial charge on any atom is -0.456 e. The van der Waals surface area contributed by atoms with E-state index in [1.165, 1.54) is 27.1 Å². The zero-order valence-electron chi connectivity index (χ0n) is 26.3. The van der Waals surface area contributed by atoms with E-state index >= 15 is 0 Å². The van der Waals surface area contributed by atoms with Crippen LogP contribution in [-0.4, -0.2) is 15.0 Å². The molecule has 49 heavy (non-hydrogen) atoms. The van der Waals surface area contributed by atoms with Crippen LogP contribution in [0.15, 0.2) is 168 Å². The molecule has 0 fully saturated rings. The van der Waals surface area contributed by atoms with Gasteiger partial charge in [0.1, 0.15) is 11.2 Å². The van der Waals surface area contributed by atoms with Crippen LogP contribution in [0.1, 0.15) is 0 Å².